The van der Waals surface area contributed by atoms with E-state index in [2.05, 4.69) is 10.3 Å². The number of aromatic amines is 1. The summed E-state index contributed by atoms with van der Waals surface area (Å²) in [6.07, 6.45) is 0. The molecule has 5 nitrogen and oxygen atoms in total. The number of aromatic nitrogens is 1. The first-order valence-corrected chi connectivity index (χ1v) is 6.67. The van der Waals surface area contributed by atoms with Crippen LogP contribution in [0.4, 0.5) is 5.00 Å². The van der Waals surface area contributed by atoms with Crippen LogP contribution in [-0.4, -0.2) is 22.0 Å². The minimum atomic E-state index is -0.999. The number of carbonyl (C=O) groups excluding carboxylic acids is 1. The number of para-hydroxylation sites is 1. The third-order valence-electron chi connectivity index (χ3n) is 2.83. The molecule has 0 aliphatic rings. The summed E-state index contributed by atoms with van der Waals surface area (Å²) in [5, 5.41) is 13.0. The molecule has 1 aromatic carbocycles. The molecule has 0 saturated heterocycles. The highest BCUT2D eigenvalue weighted by molar-refractivity contribution is 7.18. The minimum Gasteiger partial charge on any atom is -0.477 e. The van der Waals surface area contributed by atoms with E-state index in [0.29, 0.717) is 10.7 Å². The monoisotopic (exact) mass is 286 g/mol. The van der Waals surface area contributed by atoms with Gasteiger partial charge in [0.1, 0.15) is 10.6 Å². The Bertz CT molecular complexity index is 770. The lowest BCUT2D eigenvalue weighted by molar-refractivity contribution is 0.0702. The van der Waals surface area contributed by atoms with Crippen molar-refractivity contribution in [2.75, 3.05) is 5.32 Å². The number of fused-ring (bicyclic) bond motifs is 1. The molecule has 0 atom stereocenters. The molecule has 6 heteroatoms. The summed E-state index contributed by atoms with van der Waals surface area (Å²) in [5.41, 5.74) is 1.33. The quantitative estimate of drug-likeness (QED) is 0.691. The van der Waals surface area contributed by atoms with Crippen molar-refractivity contribution in [3.63, 3.8) is 0 Å². The van der Waals surface area contributed by atoms with Gasteiger partial charge in [-0.1, -0.05) is 18.2 Å². The number of carboxylic acids is 1. The number of amides is 1. The summed E-state index contributed by atoms with van der Waals surface area (Å²) in [5.74, 6) is -1.29. The van der Waals surface area contributed by atoms with Crippen LogP contribution < -0.4 is 5.32 Å². The fourth-order valence-electron chi connectivity index (χ4n) is 1.89. The molecule has 0 fully saturated rings. The third kappa shape index (κ3) is 2.28. The van der Waals surface area contributed by atoms with Crippen molar-refractivity contribution < 1.29 is 14.7 Å². The molecule has 0 aliphatic carbocycles. The Morgan fingerprint density at radius 2 is 1.95 bits per heavy atom. The van der Waals surface area contributed by atoms with Gasteiger partial charge in [0.2, 0.25) is 0 Å². The van der Waals surface area contributed by atoms with Crippen LogP contribution >= 0.6 is 11.3 Å². The molecule has 100 valence electrons. The average molecular weight is 286 g/mol. The zero-order valence-corrected chi connectivity index (χ0v) is 11.0. The Morgan fingerprint density at radius 1 is 1.15 bits per heavy atom. The molecule has 0 bridgehead atoms. The zero-order valence-electron chi connectivity index (χ0n) is 10.2. The Morgan fingerprint density at radius 3 is 2.65 bits per heavy atom. The zero-order chi connectivity index (χ0) is 14.1. The van der Waals surface area contributed by atoms with Crippen molar-refractivity contribution in [3.8, 4) is 0 Å². The number of anilines is 1. The number of carboxylic acid groups (broad SMARTS) is 1. The smallest absolute Gasteiger partial charge is 0.345 e. The Labute approximate surface area is 117 Å². The molecule has 20 heavy (non-hydrogen) atoms. The van der Waals surface area contributed by atoms with Gasteiger partial charge < -0.3 is 15.4 Å². The number of hydrogen-bond donors (Lipinski definition) is 3. The Hall–Kier alpha value is -2.60. The maximum absolute atomic E-state index is 12.1. The fraction of sp³-hybridized carbons (Fsp3) is 0. The van der Waals surface area contributed by atoms with Crippen molar-refractivity contribution in [2.45, 2.75) is 0 Å². The second kappa shape index (κ2) is 4.82. The van der Waals surface area contributed by atoms with E-state index in [1.807, 2.05) is 24.3 Å². The Kier molecular flexibility index (Phi) is 3.00. The lowest BCUT2D eigenvalue weighted by atomic mass is 10.2. The summed E-state index contributed by atoms with van der Waals surface area (Å²) in [6.45, 7) is 0. The van der Waals surface area contributed by atoms with Gasteiger partial charge in [0.15, 0.2) is 0 Å². The second-order valence-corrected chi connectivity index (χ2v) is 5.28. The van der Waals surface area contributed by atoms with Crippen molar-refractivity contribution in [1.82, 2.24) is 4.98 Å². The lowest BCUT2D eigenvalue weighted by Gasteiger charge is -1.99. The molecule has 0 saturated carbocycles. The minimum absolute atomic E-state index is 0.192. The second-order valence-electron chi connectivity index (χ2n) is 4.19. The first kappa shape index (κ1) is 12.4. The van der Waals surface area contributed by atoms with E-state index in [1.54, 1.807) is 12.1 Å². The summed E-state index contributed by atoms with van der Waals surface area (Å²) >= 11 is 1.03. The normalized spacial score (nSPS) is 10.6. The van der Waals surface area contributed by atoms with Crippen LogP contribution in [0.25, 0.3) is 10.9 Å². The standard InChI is InChI=1S/C14H10N2O3S/c17-13(16-12-6-5-11(20-12)14(18)19)10-7-8-3-1-2-4-9(8)15-10/h1-7,15H,(H,16,17)(H,18,19). The van der Waals surface area contributed by atoms with Gasteiger partial charge in [0, 0.05) is 10.9 Å². The van der Waals surface area contributed by atoms with Crippen LogP contribution in [-0.2, 0) is 0 Å². The van der Waals surface area contributed by atoms with Crippen molar-refractivity contribution in [2.24, 2.45) is 0 Å². The first-order valence-electron chi connectivity index (χ1n) is 5.86. The van der Waals surface area contributed by atoms with Crippen molar-refractivity contribution >= 4 is 39.1 Å². The Balaban J connectivity index is 1.83. The molecule has 0 unspecified atom stereocenters. The number of benzene rings is 1. The van der Waals surface area contributed by atoms with Gasteiger partial charge >= 0.3 is 5.97 Å². The number of hydrogen-bond acceptors (Lipinski definition) is 3. The van der Waals surface area contributed by atoms with E-state index in [0.717, 1.165) is 22.2 Å². The highest BCUT2D eigenvalue weighted by Crippen LogP contribution is 2.23. The molecule has 3 N–H and O–H groups in total. The molecule has 3 rings (SSSR count). The van der Waals surface area contributed by atoms with E-state index < -0.39 is 5.97 Å². The number of thiophene rings is 1. The highest BCUT2D eigenvalue weighted by atomic mass is 32.1. The maximum atomic E-state index is 12.1. The van der Waals surface area contributed by atoms with E-state index in [1.165, 1.54) is 6.07 Å². The van der Waals surface area contributed by atoms with Crippen molar-refractivity contribution in [1.29, 1.82) is 0 Å². The highest BCUT2D eigenvalue weighted by Gasteiger charge is 2.12. The van der Waals surface area contributed by atoms with Crippen LogP contribution in [0, 0.1) is 0 Å². The van der Waals surface area contributed by atoms with Gasteiger partial charge in [-0.05, 0) is 24.3 Å². The number of H-pyrrole nitrogens is 1. The molecule has 2 aromatic heterocycles. The number of aromatic carboxylic acids is 1. The number of nitrogens with one attached hydrogen (secondary N) is 2. The summed E-state index contributed by atoms with van der Waals surface area (Å²) in [6, 6.07) is 12.4. The van der Waals surface area contributed by atoms with Gasteiger partial charge in [-0.25, -0.2) is 4.79 Å². The van der Waals surface area contributed by atoms with Gasteiger partial charge in [-0.3, -0.25) is 4.79 Å². The average Bonchev–Trinajstić information content (AvgIpc) is 3.04. The predicted octanol–water partition coefficient (Wildman–Crippen LogP) is 3.18. The largest absolute Gasteiger partial charge is 0.477 e. The van der Waals surface area contributed by atoms with Crippen LogP contribution in [0.15, 0.2) is 42.5 Å². The van der Waals surface area contributed by atoms with Gasteiger partial charge in [0.25, 0.3) is 5.91 Å². The molecular formula is C14H10N2O3S. The molecule has 0 aliphatic heterocycles. The van der Waals surface area contributed by atoms with Gasteiger partial charge in [0.05, 0.1) is 5.00 Å². The first-order chi connectivity index (χ1) is 9.63. The molecule has 0 radical (unpaired) electrons. The van der Waals surface area contributed by atoms with Crippen LogP contribution in [0.1, 0.15) is 20.2 Å². The van der Waals surface area contributed by atoms with E-state index in [9.17, 15) is 9.59 Å². The van der Waals surface area contributed by atoms with Gasteiger partial charge in [-0.2, -0.15) is 0 Å². The SMILES string of the molecule is O=C(Nc1ccc(C(=O)O)s1)c1cc2ccccc2[nH]1. The number of rotatable bonds is 3. The van der Waals surface area contributed by atoms with Crippen molar-refractivity contribution in [3.05, 3.63) is 53.0 Å². The molecule has 2 heterocycles. The topological polar surface area (TPSA) is 82.2 Å². The summed E-state index contributed by atoms with van der Waals surface area (Å²) in [4.78, 5) is 26.1. The van der Waals surface area contributed by atoms with Gasteiger partial charge in [-0.15, -0.1) is 11.3 Å². The number of carbonyl (C=O) groups is 2. The molecule has 3 aromatic rings. The predicted molar refractivity (Wildman–Crippen MR) is 77.5 cm³/mol. The van der Waals surface area contributed by atoms with E-state index in [4.69, 9.17) is 5.11 Å². The molecule has 0 spiro atoms. The van der Waals surface area contributed by atoms with Crippen LogP contribution in [0.5, 0.6) is 0 Å². The van der Waals surface area contributed by atoms with E-state index in [-0.39, 0.29) is 10.8 Å². The van der Waals surface area contributed by atoms with E-state index >= 15 is 0 Å². The maximum Gasteiger partial charge on any atom is 0.345 e. The van der Waals surface area contributed by atoms with Crippen LogP contribution in [0.2, 0.25) is 0 Å². The lowest BCUT2D eigenvalue weighted by Crippen LogP contribution is -2.10. The molecule has 1 amide bonds. The van der Waals surface area contributed by atoms with Crippen LogP contribution in [0.3, 0.4) is 0 Å². The third-order valence-corrected chi connectivity index (χ3v) is 3.82. The summed E-state index contributed by atoms with van der Waals surface area (Å²) < 4.78 is 0. The summed E-state index contributed by atoms with van der Waals surface area (Å²) in [7, 11) is 0. The fourth-order valence-corrected chi connectivity index (χ4v) is 2.64. The molecular weight excluding hydrogens is 276 g/mol.